The molecule has 1 heterocycles. The van der Waals surface area contributed by atoms with Crippen LogP contribution in [0.3, 0.4) is 0 Å². The topological polar surface area (TPSA) is 29.1 Å². The average molecular weight is 193 g/mol. The molecule has 0 aromatic rings. The summed E-state index contributed by atoms with van der Waals surface area (Å²) in [4.78, 5) is 11.7. The Kier molecular flexibility index (Phi) is 2.38. The summed E-state index contributed by atoms with van der Waals surface area (Å²) in [5.41, 5.74) is 1.51. The number of nitrogens with one attached hydrogen (secondary N) is 1. The molecule has 1 saturated heterocycles. The van der Waals surface area contributed by atoms with Gasteiger partial charge in [-0.2, -0.15) is 0 Å². The third-order valence-corrected chi connectivity index (χ3v) is 3.76. The van der Waals surface area contributed by atoms with E-state index in [1.165, 1.54) is 5.57 Å². The van der Waals surface area contributed by atoms with Gasteiger partial charge in [0.25, 0.3) is 0 Å². The van der Waals surface area contributed by atoms with Crippen LogP contribution < -0.4 is 5.32 Å². The van der Waals surface area contributed by atoms with E-state index in [2.05, 4.69) is 25.2 Å². The first-order valence-corrected chi connectivity index (χ1v) is 5.61. The highest BCUT2D eigenvalue weighted by atomic mass is 16.2. The van der Waals surface area contributed by atoms with Crippen molar-refractivity contribution in [3.8, 4) is 0 Å². The Labute approximate surface area is 85.8 Å². The molecular formula is C12H19NO. The Morgan fingerprint density at radius 1 is 1.43 bits per heavy atom. The molecule has 0 bridgehead atoms. The number of carbonyl (C=O) groups is 1. The Morgan fingerprint density at radius 2 is 2.21 bits per heavy atom. The van der Waals surface area contributed by atoms with Crippen molar-refractivity contribution in [3.05, 3.63) is 11.6 Å². The molecule has 14 heavy (non-hydrogen) atoms. The Hall–Kier alpha value is -0.790. The SMILES string of the molecule is CC(C)C1=CCC2(CCNC2=O)CC1. The van der Waals surface area contributed by atoms with Crippen LogP contribution in [0.2, 0.25) is 0 Å². The Balaban J connectivity index is 2.11. The van der Waals surface area contributed by atoms with Crippen molar-refractivity contribution in [1.29, 1.82) is 0 Å². The lowest BCUT2D eigenvalue weighted by atomic mass is 9.72. The summed E-state index contributed by atoms with van der Waals surface area (Å²) in [6.45, 7) is 5.35. The largest absolute Gasteiger partial charge is 0.356 e. The summed E-state index contributed by atoms with van der Waals surface area (Å²) in [5.74, 6) is 0.938. The van der Waals surface area contributed by atoms with Gasteiger partial charge in [0.15, 0.2) is 0 Å². The van der Waals surface area contributed by atoms with E-state index >= 15 is 0 Å². The molecule has 0 aromatic heterocycles. The minimum absolute atomic E-state index is 0.0294. The highest BCUT2D eigenvalue weighted by molar-refractivity contribution is 5.85. The highest BCUT2D eigenvalue weighted by Gasteiger charge is 2.42. The fourth-order valence-electron chi connectivity index (χ4n) is 2.59. The Morgan fingerprint density at radius 3 is 2.64 bits per heavy atom. The van der Waals surface area contributed by atoms with Gasteiger partial charge in [-0.25, -0.2) is 0 Å². The molecule has 2 heteroatoms. The first-order valence-electron chi connectivity index (χ1n) is 5.61. The molecule has 1 aliphatic carbocycles. The average Bonchev–Trinajstić information content (AvgIpc) is 2.49. The zero-order valence-electron chi connectivity index (χ0n) is 9.10. The van der Waals surface area contributed by atoms with Crippen LogP contribution in [0.5, 0.6) is 0 Å². The van der Waals surface area contributed by atoms with Gasteiger partial charge in [-0.3, -0.25) is 4.79 Å². The predicted molar refractivity (Wildman–Crippen MR) is 56.8 cm³/mol. The summed E-state index contributed by atoms with van der Waals surface area (Å²) in [5, 5.41) is 2.96. The smallest absolute Gasteiger partial charge is 0.226 e. The lowest BCUT2D eigenvalue weighted by molar-refractivity contribution is -0.128. The molecule has 0 saturated carbocycles. The van der Waals surface area contributed by atoms with Gasteiger partial charge in [0.1, 0.15) is 0 Å². The maximum Gasteiger partial charge on any atom is 0.226 e. The zero-order valence-corrected chi connectivity index (χ0v) is 9.10. The maximum absolute atomic E-state index is 11.7. The van der Waals surface area contributed by atoms with Crippen LogP contribution in [0.1, 0.15) is 39.5 Å². The maximum atomic E-state index is 11.7. The third kappa shape index (κ3) is 1.47. The standard InChI is InChI=1S/C12H19NO/c1-9(2)10-3-5-12(6-4-10)7-8-13-11(12)14/h3,9H,4-8H2,1-2H3,(H,13,14). The van der Waals surface area contributed by atoms with E-state index in [0.717, 1.165) is 32.2 Å². The Bertz CT molecular complexity index is 280. The molecule has 1 fully saturated rings. The number of carbonyl (C=O) groups excluding carboxylic acids is 1. The molecular weight excluding hydrogens is 174 g/mol. The molecule has 1 unspecified atom stereocenters. The molecule has 2 aliphatic rings. The first-order chi connectivity index (χ1) is 6.64. The second kappa shape index (κ2) is 3.41. The predicted octanol–water partition coefficient (Wildman–Crippen LogP) is 2.26. The monoisotopic (exact) mass is 193 g/mol. The van der Waals surface area contributed by atoms with Crippen molar-refractivity contribution in [2.24, 2.45) is 11.3 Å². The van der Waals surface area contributed by atoms with Gasteiger partial charge >= 0.3 is 0 Å². The van der Waals surface area contributed by atoms with Gasteiger partial charge in [0.05, 0.1) is 5.41 Å². The van der Waals surface area contributed by atoms with E-state index in [1.807, 2.05) is 0 Å². The van der Waals surface area contributed by atoms with E-state index in [1.54, 1.807) is 0 Å². The normalized spacial score (nSPS) is 32.2. The second-order valence-corrected chi connectivity index (χ2v) is 4.92. The minimum atomic E-state index is -0.0294. The van der Waals surface area contributed by atoms with E-state index in [9.17, 15) is 4.79 Å². The lowest BCUT2D eigenvalue weighted by Gasteiger charge is -2.30. The molecule has 2 nitrogen and oxygen atoms in total. The third-order valence-electron chi connectivity index (χ3n) is 3.76. The zero-order chi connectivity index (χ0) is 10.2. The summed E-state index contributed by atoms with van der Waals surface area (Å²) in [6.07, 6.45) is 6.48. The van der Waals surface area contributed by atoms with Gasteiger partial charge in [-0.05, 0) is 31.6 Å². The summed E-state index contributed by atoms with van der Waals surface area (Å²) in [6, 6.07) is 0. The fourth-order valence-corrected chi connectivity index (χ4v) is 2.59. The second-order valence-electron chi connectivity index (χ2n) is 4.92. The molecule has 1 aliphatic heterocycles. The van der Waals surface area contributed by atoms with Crippen molar-refractivity contribution >= 4 is 5.91 Å². The number of hydrogen-bond donors (Lipinski definition) is 1. The fraction of sp³-hybridized carbons (Fsp3) is 0.750. The molecule has 1 spiro atoms. The van der Waals surface area contributed by atoms with Gasteiger partial charge in [0, 0.05) is 6.54 Å². The van der Waals surface area contributed by atoms with Crippen LogP contribution in [-0.2, 0) is 4.79 Å². The van der Waals surface area contributed by atoms with E-state index in [-0.39, 0.29) is 11.3 Å². The van der Waals surface area contributed by atoms with E-state index in [4.69, 9.17) is 0 Å². The summed E-state index contributed by atoms with van der Waals surface area (Å²) < 4.78 is 0. The van der Waals surface area contributed by atoms with Crippen LogP contribution in [0, 0.1) is 11.3 Å². The number of amides is 1. The first kappa shape index (κ1) is 9.75. The van der Waals surface area contributed by atoms with Crippen molar-refractivity contribution in [2.75, 3.05) is 6.54 Å². The molecule has 1 atom stereocenters. The number of rotatable bonds is 1. The van der Waals surface area contributed by atoms with Crippen LogP contribution in [-0.4, -0.2) is 12.5 Å². The summed E-state index contributed by atoms with van der Waals surface area (Å²) in [7, 11) is 0. The number of allylic oxidation sites excluding steroid dienone is 2. The summed E-state index contributed by atoms with van der Waals surface area (Å²) >= 11 is 0. The van der Waals surface area contributed by atoms with Crippen molar-refractivity contribution in [3.63, 3.8) is 0 Å². The van der Waals surface area contributed by atoms with Crippen LogP contribution in [0.25, 0.3) is 0 Å². The van der Waals surface area contributed by atoms with E-state index < -0.39 is 0 Å². The van der Waals surface area contributed by atoms with Crippen LogP contribution in [0.15, 0.2) is 11.6 Å². The molecule has 0 aromatic carbocycles. The van der Waals surface area contributed by atoms with Gasteiger partial charge < -0.3 is 5.32 Å². The van der Waals surface area contributed by atoms with Gasteiger partial charge in [0.2, 0.25) is 5.91 Å². The van der Waals surface area contributed by atoms with Crippen molar-refractivity contribution in [2.45, 2.75) is 39.5 Å². The van der Waals surface area contributed by atoms with E-state index in [0.29, 0.717) is 5.92 Å². The molecule has 1 amide bonds. The minimum Gasteiger partial charge on any atom is -0.356 e. The molecule has 1 N–H and O–H groups in total. The highest BCUT2D eigenvalue weighted by Crippen LogP contribution is 2.42. The van der Waals surface area contributed by atoms with Crippen molar-refractivity contribution in [1.82, 2.24) is 5.32 Å². The van der Waals surface area contributed by atoms with Gasteiger partial charge in [-0.1, -0.05) is 25.5 Å². The van der Waals surface area contributed by atoms with Crippen LogP contribution in [0.4, 0.5) is 0 Å². The molecule has 0 radical (unpaired) electrons. The van der Waals surface area contributed by atoms with Gasteiger partial charge in [-0.15, -0.1) is 0 Å². The van der Waals surface area contributed by atoms with Crippen LogP contribution >= 0.6 is 0 Å². The molecule has 2 rings (SSSR count). The number of hydrogen-bond acceptors (Lipinski definition) is 1. The van der Waals surface area contributed by atoms with Crippen molar-refractivity contribution < 1.29 is 4.79 Å². The quantitative estimate of drug-likeness (QED) is 0.636. The molecule has 78 valence electrons. The lowest BCUT2D eigenvalue weighted by Crippen LogP contribution is -2.32.